The zero-order chi connectivity index (χ0) is 74.7. The number of allylic oxidation sites excluding steroid dienone is 1. The fourth-order valence-corrected chi connectivity index (χ4v) is 13.1. The highest BCUT2D eigenvalue weighted by Gasteiger charge is 2.63. The van der Waals surface area contributed by atoms with Crippen LogP contribution in [-0.2, 0) is 76.0 Å². The molecule has 6 fully saturated rings. The second kappa shape index (κ2) is 40.9. The van der Waals surface area contributed by atoms with Gasteiger partial charge in [0.15, 0.2) is 31.5 Å². The van der Waals surface area contributed by atoms with Gasteiger partial charge in [0.1, 0.15) is 134 Å². The Hall–Kier alpha value is -3.58. The van der Waals surface area contributed by atoms with Gasteiger partial charge in [-0.05, 0) is 19.8 Å². The number of aliphatic carboxylic acids is 1. The average molecular weight is 1470 g/mol. The van der Waals surface area contributed by atoms with Gasteiger partial charge in [-0.3, -0.25) is 14.4 Å². The average Bonchev–Trinajstić information content (AvgIpc) is 0.750. The van der Waals surface area contributed by atoms with Gasteiger partial charge in [0.2, 0.25) is 17.7 Å². The maximum absolute atomic E-state index is 13.8. The van der Waals surface area contributed by atoms with E-state index in [1.54, 1.807) is 6.08 Å². The Labute approximate surface area is 582 Å². The van der Waals surface area contributed by atoms with Crippen LogP contribution < -0.4 is 16.0 Å². The van der Waals surface area contributed by atoms with Crippen molar-refractivity contribution in [3.63, 3.8) is 0 Å². The van der Waals surface area contributed by atoms with Crippen LogP contribution in [0.3, 0.4) is 0 Å². The number of carboxylic acid groups (broad SMARTS) is 1. The number of hydrogen-bond donors (Lipinski definition) is 22. The zero-order valence-electron chi connectivity index (χ0n) is 57.1. The van der Waals surface area contributed by atoms with Crippen LogP contribution in [0.5, 0.6) is 0 Å². The van der Waals surface area contributed by atoms with Crippen LogP contribution in [0.1, 0.15) is 118 Å². The fourth-order valence-electron chi connectivity index (χ4n) is 13.1. The molecule has 38 heteroatoms. The monoisotopic (exact) mass is 1470 g/mol. The number of carbonyl (C=O) groups excluding carboxylic acids is 3. The number of nitrogens with one attached hydrogen (secondary N) is 3. The Morgan fingerprint density at radius 3 is 1.58 bits per heavy atom. The van der Waals surface area contributed by atoms with Gasteiger partial charge < -0.3 is 170 Å². The third-order valence-corrected chi connectivity index (χ3v) is 18.7. The highest BCUT2D eigenvalue weighted by atomic mass is 16.8. The predicted octanol–water partition coefficient (Wildman–Crippen LogP) is -8.43. The van der Waals surface area contributed by atoms with E-state index in [1.807, 2.05) is 0 Å². The van der Waals surface area contributed by atoms with Crippen LogP contribution in [0, 0.1) is 0 Å². The molecule has 6 rings (SSSR count). The van der Waals surface area contributed by atoms with E-state index in [2.05, 4.69) is 22.9 Å². The van der Waals surface area contributed by atoms with Crippen molar-refractivity contribution in [3.05, 3.63) is 12.2 Å². The van der Waals surface area contributed by atoms with Crippen molar-refractivity contribution in [3.8, 4) is 0 Å². The van der Waals surface area contributed by atoms with Gasteiger partial charge in [-0.1, -0.05) is 83.3 Å². The van der Waals surface area contributed by atoms with Gasteiger partial charge >= 0.3 is 5.97 Å². The minimum absolute atomic E-state index is 0.563. The molecule has 0 radical (unpaired) electrons. The summed E-state index contributed by atoms with van der Waals surface area (Å²) in [6, 6.07) is -4.98. The first-order valence-corrected chi connectivity index (χ1v) is 34.4. The van der Waals surface area contributed by atoms with Crippen molar-refractivity contribution in [1.82, 2.24) is 16.0 Å². The number of ether oxygens (including phenoxy) is 12. The van der Waals surface area contributed by atoms with E-state index in [4.69, 9.17) is 56.8 Å². The molecule has 6 heterocycles. The topological polar surface area (TPSA) is 600 Å². The Balaban J connectivity index is 1.31. The van der Waals surface area contributed by atoms with Gasteiger partial charge in [-0.15, -0.1) is 0 Å². The van der Waals surface area contributed by atoms with E-state index < -0.39 is 272 Å². The Bertz CT molecular complexity index is 2520. The third-order valence-electron chi connectivity index (χ3n) is 18.7. The van der Waals surface area contributed by atoms with Crippen molar-refractivity contribution in [2.75, 3.05) is 39.6 Å². The number of hydrogen-bond acceptors (Lipinski definition) is 34. The summed E-state index contributed by atoms with van der Waals surface area (Å²) < 4.78 is 71.6. The Kier molecular flexibility index (Phi) is 35.0. The molecular formula is C63H109N3O35. The smallest absolute Gasteiger partial charge is 0.364 e. The van der Waals surface area contributed by atoms with Crippen LogP contribution in [0.4, 0.5) is 0 Å². The molecule has 101 heavy (non-hydrogen) atoms. The van der Waals surface area contributed by atoms with E-state index in [-0.39, 0.29) is 0 Å². The second-order valence-electron chi connectivity index (χ2n) is 26.5. The first-order chi connectivity index (χ1) is 47.9. The summed E-state index contributed by atoms with van der Waals surface area (Å²) >= 11 is 0. The number of unbranched alkanes of at least 4 members (excludes halogenated alkanes) is 11. The molecule has 33 unspecified atom stereocenters. The molecule has 0 bridgehead atoms. The third kappa shape index (κ3) is 22.5. The fraction of sp³-hybridized carbons (Fsp3) is 0.905. The van der Waals surface area contributed by atoms with Crippen molar-refractivity contribution >= 4 is 23.7 Å². The van der Waals surface area contributed by atoms with Crippen LogP contribution in [-0.4, -0.2) is 362 Å². The maximum Gasteiger partial charge on any atom is 0.364 e. The first kappa shape index (κ1) is 86.3. The lowest BCUT2D eigenvalue weighted by molar-refractivity contribution is -0.405. The molecule has 0 aromatic rings. The summed E-state index contributed by atoms with van der Waals surface area (Å²) in [6.07, 6.45) is -44.6. The Morgan fingerprint density at radius 2 is 1.01 bits per heavy atom. The van der Waals surface area contributed by atoms with Gasteiger partial charge in [-0.25, -0.2) is 4.79 Å². The summed E-state index contributed by atoms with van der Waals surface area (Å²) in [5.41, 5.74) is 0. The highest BCUT2D eigenvalue weighted by Crippen LogP contribution is 2.42. The molecule has 0 aliphatic carbocycles. The molecule has 33 atom stereocenters. The molecule has 0 aromatic heterocycles. The summed E-state index contributed by atoms with van der Waals surface area (Å²) in [5, 5.41) is 219. The summed E-state index contributed by atoms with van der Waals surface area (Å²) in [6.45, 7) is 0.165. The van der Waals surface area contributed by atoms with Crippen LogP contribution in [0.25, 0.3) is 0 Å². The predicted molar refractivity (Wildman–Crippen MR) is 336 cm³/mol. The molecule has 0 spiro atoms. The van der Waals surface area contributed by atoms with Gasteiger partial charge in [-0.2, -0.15) is 0 Å². The first-order valence-electron chi connectivity index (χ1n) is 34.4. The number of carboxylic acids is 1. The Morgan fingerprint density at radius 1 is 0.515 bits per heavy atom. The highest BCUT2D eigenvalue weighted by molar-refractivity contribution is 5.77. The molecule has 0 aromatic carbocycles. The maximum atomic E-state index is 13.8. The van der Waals surface area contributed by atoms with Crippen molar-refractivity contribution < 1.29 is 173 Å². The summed E-state index contributed by atoms with van der Waals surface area (Å²) in [5.74, 6) is -8.08. The number of aliphatic hydroxyl groups excluding tert-OH is 18. The van der Waals surface area contributed by atoms with Crippen LogP contribution in [0.15, 0.2) is 12.2 Å². The molecule has 3 amide bonds. The number of carbonyl (C=O) groups is 4. The van der Waals surface area contributed by atoms with Gasteiger partial charge in [0, 0.05) is 27.2 Å². The quantitative estimate of drug-likeness (QED) is 0.0202. The van der Waals surface area contributed by atoms with Crippen molar-refractivity contribution in [2.45, 2.75) is 320 Å². The van der Waals surface area contributed by atoms with Crippen LogP contribution in [0.2, 0.25) is 0 Å². The van der Waals surface area contributed by atoms with E-state index in [0.717, 1.165) is 46.0 Å². The second-order valence-corrected chi connectivity index (χ2v) is 26.5. The lowest BCUT2D eigenvalue weighted by atomic mass is 9.88. The normalized spacial score (nSPS) is 40.5. The molecule has 6 aliphatic rings. The van der Waals surface area contributed by atoms with Crippen molar-refractivity contribution in [1.29, 1.82) is 0 Å². The SMILES string of the molecule is CCCCCCCCCCCCC/C=C/C(O)C(COC1OC(CO)C(OC2OC(CO)C(OC3OC(CO)C(O)C(OC4OC(CO)C(O)C(O)C4OC4OC(C)C(O)C(O)C4O)C3NC(C)=O)C(OC3(C(=O)O)CC(O)C(NC(C)=O)C(C(O)C(O)CO)O3)C2O)C(O)C1O)NC(C)=O. The van der Waals surface area contributed by atoms with Gasteiger partial charge in [0.25, 0.3) is 5.79 Å². The number of amides is 3. The zero-order valence-corrected chi connectivity index (χ0v) is 57.1. The standard InChI is InChI=1S/C63H109N3O35/c1-6-7-8-9-10-11-12-13-14-15-16-17-18-19-32(75)31(64-28(3)72)26-90-58-49(86)47(84)51(37(24-70)94-58)96-60-50(87)55(101-63(62(88)89)20-33(76)39(65-29(4)73)54(100-63)42(79)34(77)21-67)52(38(25-71)95-60)97-57-40(66-30(5)74)53(44(81)36(23-69)92-57)98-61-56(46(83)43(80)35(22-68)93-61)99-59-48(85)45(82)41(78)27(2)91-59/h18-19,27,31-61,67-71,75-87H,6-17,20-26H2,1-5H3,(H,64,72)(H,65,73)(H,66,74)(H,88,89)/b19-18+. The van der Waals surface area contributed by atoms with E-state index in [9.17, 15) is 116 Å². The summed E-state index contributed by atoms with van der Waals surface area (Å²) in [7, 11) is 0. The molecule has 6 saturated heterocycles. The number of aliphatic hydroxyl groups is 18. The van der Waals surface area contributed by atoms with E-state index in [1.165, 1.54) is 58.4 Å². The molecular weight excluding hydrogens is 1360 g/mol. The van der Waals surface area contributed by atoms with Crippen molar-refractivity contribution in [2.24, 2.45) is 0 Å². The van der Waals surface area contributed by atoms with Gasteiger partial charge in [0.05, 0.1) is 70.0 Å². The van der Waals surface area contributed by atoms with Crippen LogP contribution >= 0.6 is 0 Å². The molecule has 22 N–H and O–H groups in total. The largest absolute Gasteiger partial charge is 0.477 e. The molecule has 6 aliphatic heterocycles. The summed E-state index contributed by atoms with van der Waals surface area (Å²) in [4.78, 5) is 51.9. The van der Waals surface area contributed by atoms with E-state index >= 15 is 0 Å². The lowest BCUT2D eigenvalue weighted by Crippen LogP contribution is -2.72. The lowest BCUT2D eigenvalue weighted by Gasteiger charge is -2.53. The molecule has 38 nitrogen and oxygen atoms in total. The number of rotatable bonds is 38. The molecule has 0 saturated carbocycles. The minimum Gasteiger partial charge on any atom is -0.477 e. The minimum atomic E-state index is -3.43. The molecule has 586 valence electrons. The van der Waals surface area contributed by atoms with E-state index in [0.29, 0.717) is 6.42 Å².